The first-order valence-corrected chi connectivity index (χ1v) is 11.2. The molecule has 1 aliphatic carbocycles. The van der Waals surface area contributed by atoms with Gasteiger partial charge in [-0.25, -0.2) is 0 Å². The van der Waals surface area contributed by atoms with E-state index in [1.54, 1.807) is 18.2 Å². The molecule has 6 nitrogen and oxygen atoms in total. The molecule has 2 aromatic rings. The molecule has 0 fully saturated rings. The van der Waals surface area contributed by atoms with Crippen molar-refractivity contribution >= 4 is 11.5 Å². The standard InChI is InChI=1S/C26H29F3N4O2/c1-25(2,3)31-15-17-12-16(14-30)8-9-20(17)24(33(4)35)23-21(10-11-22(23)34)32-19-7-5-6-18(13-19)26(27,28)29/h5-9,12-13,24,31-32,35H,10-11,15H2,1-4H3. The Balaban J connectivity index is 2.08. The smallest absolute Gasteiger partial charge is 0.358 e. The summed E-state index contributed by atoms with van der Waals surface area (Å²) < 4.78 is 39.5. The molecule has 1 unspecified atom stereocenters. The molecular formula is C26H29F3N4O2. The first kappa shape index (κ1) is 26.4. The van der Waals surface area contributed by atoms with E-state index in [4.69, 9.17) is 0 Å². The van der Waals surface area contributed by atoms with Crippen LogP contribution in [0.1, 0.15) is 61.9 Å². The molecule has 0 radical (unpaired) electrons. The number of halogens is 3. The van der Waals surface area contributed by atoms with Crippen molar-refractivity contribution < 1.29 is 23.2 Å². The molecule has 9 heteroatoms. The van der Waals surface area contributed by atoms with Gasteiger partial charge in [-0.15, -0.1) is 0 Å². The van der Waals surface area contributed by atoms with E-state index in [0.717, 1.165) is 22.8 Å². The van der Waals surface area contributed by atoms with Gasteiger partial charge in [-0.3, -0.25) is 4.79 Å². The average molecular weight is 487 g/mol. The summed E-state index contributed by atoms with van der Waals surface area (Å²) in [6.45, 7) is 6.38. The maximum atomic E-state index is 13.2. The van der Waals surface area contributed by atoms with Crippen LogP contribution in [0.5, 0.6) is 0 Å². The topological polar surface area (TPSA) is 88.4 Å². The van der Waals surface area contributed by atoms with Crippen LogP contribution < -0.4 is 10.6 Å². The summed E-state index contributed by atoms with van der Waals surface area (Å²) >= 11 is 0. The fraction of sp³-hybridized carbons (Fsp3) is 0.385. The molecule has 3 N–H and O–H groups in total. The molecule has 2 aromatic carbocycles. The number of allylic oxidation sites excluding steroid dienone is 1. The number of ketones is 1. The van der Waals surface area contributed by atoms with Crippen molar-refractivity contribution in [2.75, 3.05) is 12.4 Å². The SMILES string of the molecule is CN(O)C(C1=C(Nc2cccc(C(F)(F)F)c2)CCC1=O)c1ccc(C#N)cc1CNC(C)(C)C. The van der Waals surface area contributed by atoms with Gasteiger partial charge in [-0.1, -0.05) is 12.1 Å². The van der Waals surface area contributed by atoms with Gasteiger partial charge >= 0.3 is 6.18 Å². The normalized spacial score (nSPS) is 15.5. The van der Waals surface area contributed by atoms with Gasteiger partial charge in [0.15, 0.2) is 5.78 Å². The highest BCUT2D eigenvalue weighted by Crippen LogP contribution is 2.39. The lowest BCUT2D eigenvalue weighted by Crippen LogP contribution is -2.36. The van der Waals surface area contributed by atoms with Crippen LogP contribution in [0, 0.1) is 11.3 Å². The van der Waals surface area contributed by atoms with Crippen LogP contribution in [0.2, 0.25) is 0 Å². The minimum Gasteiger partial charge on any atom is -0.358 e. The summed E-state index contributed by atoms with van der Waals surface area (Å²) in [5.41, 5.74) is 1.72. The number of carbonyl (C=O) groups is 1. The third-order valence-electron chi connectivity index (χ3n) is 5.74. The summed E-state index contributed by atoms with van der Waals surface area (Å²) in [6, 6.07) is 11.0. The average Bonchev–Trinajstić information content (AvgIpc) is 3.11. The number of nitrogens with one attached hydrogen (secondary N) is 2. The molecule has 0 saturated heterocycles. The fourth-order valence-electron chi connectivity index (χ4n) is 4.07. The number of benzene rings is 2. The third-order valence-corrected chi connectivity index (χ3v) is 5.74. The molecule has 0 heterocycles. The van der Waals surface area contributed by atoms with Crippen molar-refractivity contribution in [3.05, 3.63) is 76.0 Å². The van der Waals surface area contributed by atoms with E-state index in [9.17, 15) is 28.4 Å². The predicted molar refractivity (Wildman–Crippen MR) is 126 cm³/mol. The second-order valence-corrected chi connectivity index (χ2v) is 9.62. The van der Waals surface area contributed by atoms with Crippen LogP contribution >= 0.6 is 0 Å². The van der Waals surface area contributed by atoms with Crippen molar-refractivity contribution in [1.29, 1.82) is 5.26 Å². The maximum Gasteiger partial charge on any atom is 0.416 e. The van der Waals surface area contributed by atoms with Crippen molar-refractivity contribution in [2.24, 2.45) is 0 Å². The number of Topliss-reactive ketones (excluding diaryl/α,β-unsaturated/α-hetero) is 1. The highest BCUT2D eigenvalue weighted by atomic mass is 19.4. The van der Waals surface area contributed by atoms with E-state index in [1.807, 2.05) is 20.8 Å². The zero-order chi connectivity index (χ0) is 26.0. The highest BCUT2D eigenvalue weighted by molar-refractivity contribution is 6.00. The maximum absolute atomic E-state index is 13.2. The Morgan fingerprint density at radius 3 is 2.46 bits per heavy atom. The number of alkyl halides is 3. The first-order chi connectivity index (χ1) is 16.3. The molecule has 0 spiro atoms. The van der Waals surface area contributed by atoms with Crippen LogP contribution in [0.3, 0.4) is 0 Å². The van der Waals surface area contributed by atoms with E-state index in [0.29, 0.717) is 29.8 Å². The van der Waals surface area contributed by atoms with Crippen molar-refractivity contribution in [2.45, 2.75) is 57.9 Å². The number of likely N-dealkylation sites (N-methyl/N-ethyl adjacent to an activating group) is 1. The van der Waals surface area contributed by atoms with E-state index in [1.165, 1.54) is 19.2 Å². The highest BCUT2D eigenvalue weighted by Gasteiger charge is 2.35. The van der Waals surface area contributed by atoms with E-state index >= 15 is 0 Å². The molecule has 0 amide bonds. The van der Waals surface area contributed by atoms with Gasteiger partial charge in [0.1, 0.15) is 0 Å². The number of anilines is 1. The monoisotopic (exact) mass is 486 g/mol. The van der Waals surface area contributed by atoms with Gasteiger partial charge in [-0.05, 0) is 68.7 Å². The van der Waals surface area contributed by atoms with E-state index in [2.05, 4.69) is 16.7 Å². The number of nitrogens with zero attached hydrogens (tertiary/aromatic N) is 2. The number of hydrogen-bond donors (Lipinski definition) is 3. The number of hydrogen-bond acceptors (Lipinski definition) is 6. The fourth-order valence-corrected chi connectivity index (χ4v) is 4.07. The molecule has 0 saturated carbocycles. The second-order valence-electron chi connectivity index (χ2n) is 9.62. The summed E-state index contributed by atoms with van der Waals surface area (Å²) in [5, 5.41) is 27.3. The summed E-state index contributed by atoms with van der Waals surface area (Å²) in [5.74, 6) is -0.204. The van der Waals surface area contributed by atoms with Gasteiger partial charge in [0.25, 0.3) is 0 Å². The van der Waals surface area contributed by atoms with Crippen LogP contribution in [0.25, 0.3) is 0 Å². The Labute approximate surface area is 203 Å². The summed E-state index contributed by atoms with van der Waals surface area (Å²) in [6.07, 6.45) is -4.01. The molecule has 0 bridgehead atoms. The Kier molecular flexibility index (Phi) is 7.70. The van der Waals surface area contributed by atoms with Crippen molar-refractivity contribution in [3.63, 3.8) is 0 Å². The van der Waals surface area contributed by atoms with Gasteiger partial charge in [0.05, 0.1) is 23.2 Å². The van der Waals surface area contributed by atoms with E-state index in [-0.39, 0.29) is 29.0 Å². The molecule has 1 aliphatic rings. The second kappa shape index (κ2) is 10.2. The van der Waals surface area contributed by atoms with Gasteiger partial charge < -0.3 is 15.8 Å². The lowest BCUT2D eigenvalue weighted by atomic mass is 9.91. The van der Waals surface area contributed by atoms with Gasteiger partial charge in [0, 0.05) is 42.5 Å². The van der Waals surface area contributed by atoms with Gasteiger partial charge in [-0.2, -0.15) is 23.5 Å². The lowest BCUT2D eigenvalue weighted by Gasteiger charge is -2.29. The minimum absolute atomic E-state index is 0.173. The first-order valence-electron chi connectivity index (χ1n) is 11.2. The lowest BCUT2D eigenvalue weighted by molar-refractivity contribution is -0.137. The molecule has 0 aliphatic heterocycles. The minimum atomic E-state index is -4.49. The Bertz CT molecular complexity index is 1170. The quantitative estimate of drug-likeness (QED) is 0.445. The van der Waals surface area contributed by atoms with Crippen LogP contribution in [0.4, 0.5) is 18.9 Å². The predicted octanol–water partition coefficient (Wildman–Crippen LogP) is 5.56. The van der Waals surface area contributed by atoms with Crippen LogP contribution in [-0.2, 0) is 17.5 Å². The van der Waals surface area contributed by atoms with Crippen molar-refractivity contribution in [3.8, 4) is 6.07 Å². The van der Waals surface area contributed by atoms with Crippen molar-refractivity contribution in [1.82, 2.24) is 10.4 Å². The zero-order valence-corrected chi connectivity index (χ0v) is 20.1. The van der Waals surface area contributed by atoms with Gasteiger partial charge in [0.2, 0.25) is 0 Å². The largest absolute Gasteiger partial charge is 0.416 e. The molecule has 0 aromatic heterocycles. The number of carbonyl (C=O) groups excluding carboxylic acids is 1. The number of nitriles is 1. The Morgan fingerprint density at radius 1 is 1.14 bits per heavy atom. The number of rotatable bonds is 7. The Hall–Kier alpha value is -3.19. The molecular weight excluding hydrogens is 457 g/mol. The molecule has 186 valence electrons. The zero-order valence-electron chi connectivity index (χ0n) is 20.1. The van der Waals surface area contributed by atoms with E-state index < -0.39 is 17.8 Å². The molecule has 3 rings (SSSR count). The summed E-state index contributed by atoms with van der Waals surface area (Å²) in [4.78, 5) is 13.0. The summed E-state index contributed by atoms with van der Waals surface area (Å²) in [7, 11) is 1.42. The molecule has 1 atom stereocenters. The van der Waals surface area contributed by atoms with Crippen LogP contribution in [-0.4, -0.2) is 28.6 Å². The molecule has 35 heavy (non-hydrogen) atoms. The Morgan fingerprint density at radius 2 is 1.86 bits per heavy atom. The third kappa shape index (κ3) is 6.48. The van der Waals surface area contributed by atoms with Crippen LogP contribution in [0.15, 0.2) is 53.7 Å². The number of hydroxylamine groups is 2.